The standard InChI is InChI=1S/C31H35F3O3/c1-3-5-28(35)23-12-10-22(11-13-23)26-16-15-25(30(33)31(26)34)21-8-6-20(7-9-21)19-37-29-17-14-24(36-4-2)18-27(29)32/h6-9,14-18,22-23,28,35H,3-5,10-13,19H2,1-2H3. The molecule has 4 rings (SSSR count). The summed E-state index contributed by atoms with van der Waals surface area (Å²) in [6, 6.07) is 14.7. The van der Waals surface area contributed by atoms with Crippen molar-refractivity contribution >= 4 is 0 Å². The first kappa shape index (κ1) is 27.1. The van der Waals surface area contributed by atoms with Gasteiger partial charge in [0.05, 0.1) is 12.7 Å². The van der Waals surface area contributed by atoms with Crippen molar-refractivity contribution in [2.45, 2.75) is 71.0 Å². The van der Waals surface area contributed by atoms with Gasteiger partial charge in [-0.05, 0) is 79.7 Å². The summed E-state index contributed by atoms with van der Waals surface area (Å²) in [6.07, 6.45) is 4.60. The Balaban J connectivity index is 1.40. The Hall–Kier alpha value is -2.99. The van der Waals surface area contributed by atoms with Gasteiger partial charge in [0.1, 0.15) is 12.4 Å². The second-order valence-corrected chi connectivity index (χ2v) is 9.81. The fourth-order valence-corrected chi connectivity index (χ4v) is 5.25. The van der Waals surface area contributed by atoms with Crippen LogP contribution in [0.25, 0.3) is 11.1 Å². The maximum absolute atomic E-state index is 15.1. The Bertz CT molecular complexity index is 1170. The van der Waals surface area contributed by atoms with Crippen LogP contribution in [0.3, 0.4) is 0 Å². The molecule has 3 aromatic carbocycles. The average Bonchev–Trinajstić information content (AvgIpc) is 2.91. The molecule has 1 aliphatic rings. The van der Waals surface area contributed by atoms with E-state index in [1.807, 2.05) is 6.92 Å². The molecule has 1 N–H and O–H groups in total. The Kier molecular flexibility index (Phi) is 9.14. The lowest BCUT2D eigenvalue weighted by Crippen LogP contribution is -2.25. The summed E-state index contributed by atoms with van der Waals surface area (Å²) in [4.78, 5) is 0. The first-order valence-electron chi connectivity index (χ1n) is 13.2. The SMILES string of the molecule is CCCC(O)C1CCC(c2ccc(-c3ccc(COc4ccc(OCC)cc4F)cc3)c(F)c2F)CC1. The van der Waals surface area contributed by atoms with Crippen molar-refractivity contribution < 1.29 is 27.8 Å². The highest BCUT2D eigenvalue weighted by Crippen LogP contribution is 2.40. The first-order valence-corrected chi connectivity index (χ1v) is 13.2. The second-order valence-electron chi connectivity index (χ2n) is 9.81. The molecule has 0 bridgehead atoms. The Morgan fingerprint density at radius 2 is 1.59 bits per heavy atom. The van der Waals surface area contributed by atoms with E-state index in [2.05, 4.69) is 6.92 Å². The van der Waals surface area contributed by atoms with Gasteiger partial charge in [-0.1, -0.05) is 49.7 Å². The van der Waals surface area contributed by atoms with Crippen molar-refractivity contribution in [2.24, 2.45) is 5.92 Å². The van der Waals surface area contributed by atoms with Crippen LogP contribution in [0.2, 0.25) is 0 Å². The van der Waals surface area contributed by atoms with Crippen molar-refractivity contribution in [3.8, 4) is 22.6 Å². The molecular formula is C31H35F3O3. The number of aliphatic hydroxyl groups is 1. The normalized spacial score (nSPS) is 18.4. The van der Waals surface area contributed by atoms with Crippen molar-refractivity contribution in [3.05, 3.63) is 83.2 Å². The van der Waals surface area contributed by atoms with Gasteiger partial charge in [0.25, 0.3) is 0 Å². The minimum Gasteiger partial charge on any atom is -0.494 e. The van der Waals surface area contributed by atoms with Crippen LogP contribution in [0.1, 0.15) is 69.4 Å². The Morgan fingerprint density at radius 3 is 2.24 bits per heavy atom. The third-order valence-electron chi connectivity index (χ3n) is 7.33. The third kappa shape index (κ3) is 6.48. The highest BCUT2D eigenvalue weighted by atomic mass is 19.2. The number of rotatable bonds is 10. The molecule has 1 fully saturated rings. The predicted molar refractivity (Wildman–Crippen MR) is 139 cm³/mol. The van der Waals surface area contributed by atoms with Gasteiger partial charge in [-0.25, -0.2) is 13.2 Å². The van der Waals surface area contributed by atoms with Crippen molar-refractivity contribution in [3.63, 3.8) is 0 Å². The van der Waals surface area contributed by atoms with Gasteiger partial charge in [0.2, 0.25) is 0 Å². The average molecular weight is 513 g/mol. The smallest absolute Gasteiger partial charge is 0.168 e. The number of ether oxygens (including phenoxy) is 2. The van der Waals surface area contributed by atoms with Gasteiger partial charge in [-0.2, -0.15) is 0 Å². The minimum atomic E-state index is -0.842. The third-order valence-corrected chi connectivity index (χ3v) is 7.33. The van der Waals surface area contributed by atoms with Crippen LogP contribution in [0.4, 0.5) is 13.2 Å². The van der Waals surface area contributed by atoms with E-state index < -0.39 is 17.5 Å². The lowest BCUT2D eigenvalue weighted by molar-refractivity contribution is 0.0727. The minimum absolute atomic E-state index is 0.0313. The molecule has 0 radical (unpaired) electrons. The molecule has 198 valence electrons. The maximum Gasteiger partial charge on any atom is 0.168 e. The molecule has 0 heterocycles. The predicted octanol–water partition coefficient (Wildman–Crippen LogP) is 8.18. The zero-order valence-electron chi connectivity index (χ0n) is 21.5. The van der Waals surface area contributed by atoms with Gasteiger partial charge < -0.3 is 14.6 Å². The quantitative estimate of drug-likeness (QED) is 0.298. The number of hydrogen-bond acceptors (Lipinski definition) is 3. The molecule has 0 spiro atoms. The van der Waals surface area contributed by atoms with E-state index in [1.54, 1.807) is 42.5 Å². The lowest BCUT2D eigenvalue weighted by Gasteiger charge is -2.32. The molecule has 1 saturated carbocycles. The molecule has 37 heavy (non-hydrogen) atoms. The summed E-state index contributed by atoms with van der Waals surface area (Å²) in [5.41, 5.74) is 1.97. The molecule has 3 aromatic rings. The lowest BCUT2D eigenvalue weighted by atomic mass is 9.75. The van der Waals surface area contributed by atoms with E-state index in [4.69, 9.17) is 9.47 Å². The van der Waals surface area contributed by atoms with Crippen LogP contribution >= 0.6 is 0 Å². The van der Waals surface area contributed by atoms with Gasteiger partial charge in [-0.15, -0.1) is 0 Å². The molecule has 1 atom stereocenters. The van der Waals surface area contributed by atoms with Crippen LogP contribution in [0, 0.1) is 23.4 Å². The Labute approximate surface area is 217 Å². The van der Waals surface area contributed by atoms with E-state index in [0.717, 1.165) is 44.1 Å². The molecule has 0 aromatic heterocycles. The summed E-state index contributed by atoms with van der Waals surface area (Å²) in [6.45, 7) is 4.47. The van der Waals surface area contributed by atoms with Crippen LogP contribution < -0.4 is 9.47 Å². The molecule has 0 amide bonds. The maximum atomic E-state index is 15.1. The zero-order chi connectivity index (χ0) is 26.4. The molecule has 3 nitrogen and oxygen atoms in total. The number of aliphatic hydroxyl groups excluding tert-OH is 1. The zero-order valence-corrected chi connectivity index (χ0v) is 21.5. The monoisotopic (exact) mass is 512 g/mol. The number of hydrogen-bond donors (Lipinski definition) is 1. The number of benzene rings is 3. The molecule has 0 aliphatic heterocycles. The van der Waals surface area contributed by atoms with Gasteiger partial charge in [-0.3, -0.25) is 0 Å². The van der Waals surface area contributed by atoms with Crippen LogP contribution in [-0.4, -0.2) is 17.8 Å². The summed E-state index contributed by atoms with van der Waals surface area (Å²) in [5, 5.41) is 10.3. The van der Waals surface area contributed by atoms with E-state index in [1.165, 1.54) is 12.1 Å². The summed E-state index contributed by atoms with van der Waals surface area (Å²) >= 11 is 0. The molecule has 6 heteroatoms. The van der Waals surface area contributed by atoms with Gasteiger partial charge in [0, 0.05) is 11.6 Å². The van der Waals surface area contributed by atoms with Gasteiger partial charge in [0.15, 0.2) is 23.2 Å². The fraction of sp³-hybridized carbons (Fsp3) is 0.419. The van der Waals surface area contributed by atoms with E-state index >= 15 is 8.78 Å². The number of halogens is 3. The highest BCUT2D eigenvalue weighted by molar-refractivity contribution is 5.65. The van der Waals surface area contributed by atoms with Crippen LogP contribution in [0.15, 0.2) is 54.6 Å². The van der Waals surface area contributed by atoms with Crippen LogP contribution in [-0.2, 0) is 6.61 Å². The topological polar surface area (TPSA) is 38.7 Å². The van der Waals surface area contributed by atoms with Crippen molar-refractivity contribution in [1.82, 2.24) is 0 Å². The van der Waals surface area contributed by atoms with Gasteiger partial charge >= 0.3 is 0 Å². The molecule has 1 aliphatic carbocycles. The highest BCUT2D eigenvalue weighted by Gasteiger charge is 2.29. The van der Waals surface area contributed by atoms with Crippen molar-refractivity contribution in [2.75, 3.05) is 6.61 Å². The van der Waals surface area contributed by atoms with E-state index in [0.29, 0.717) is 23.5 Å². The Morgan fingerprint density at radius 1 is 0.865 bits per heavy atom. The van der Waals surface area contributed by atoms with E-state index in [-0.39, 0.29) is 35.9 Å². The summed E-state index contributed by atoms with van der Waals surface area (Å²) in [7, 11) is 0. The second kappa shape index (κ2) is 12.5. The van der Waals surface area contributed by atoms with E-state index in [9.17, 15) is 9.50 Å². The molecule has 1 unspecified atom stereocenters. The summed E-state index contributed by atoms with van der Waals surface area (Å²) < 4.78 is 55.3. The fourth-order valence-electron chi connectivity index (χ4n) is 5.25. The summed E-state index contributed by atoms with van der Waals surface area (Å²) in [5.74, 6) is -1.36. The van der Waals surface area contributed by atoms with Crippen molar-refractivity contribution in [1.29, 1.82) is 0 Å². The first-order chi connectivity index (χ1) is 17.9. The molecular weight excluding hydrogens is 477 g/mol. The molecule has 0 saturated heterocycles. The van der Waals surface area contributed by atoms with Crippen LogP contribution in [0.5, 0.6) is 11.5 Å². The largest absolute Gasteiger partial charge is 0.494 e.